The summed E-state index contributed by atoms with van der Waals surface area (Å²) in [6, 6.07) is 0.364. The Balaban J connectivity index is 2.56. The molecule has 0 aromatic rings. The Bertz CT molecular complexity index is 161. The molecule has 1 aliphatic heterocycles. The van der Waals surface area contributed by atoms with Gasteiger partial charge >= 0.3 is 0 Å². The summed E-state index contributed by atoms with van der Waals surface area (Å²) in [5, 5.41) is 0. The molecule has 1 aliphatic rings. The molecule has 11 heavy (non-hydrogen) atoms. The molecule has 0 bridgehead atoms. The molecule has 1 atom stereocenters. The SMILES string of the molecule is CC(C)C1COC(C)(C)C=N1. The number of hydrogen-bond donors (Lipinski definition) is 0. The summed E-state index contributed by atoms with van der Waals surface area (Å²) in [6.45, 7) is 9.18. The van der Waals surface area contributed by atoms with Crippen molar-refractivity contribution in [2.24, 2.45) is 10.9 Å². The molecule has 0 saturated carbocycles. The van der Waals surface area contributed by atoms with Crippen molar-refractivity contribution >= 4 is 6.21 Å². The molecule has 1 rings (SSSR count). The molecule has 2 heteroatoms. The van der Waals surface area contributed by atoms with Gasteiger partial charge in [0.05, 0.1) is 18.2 Å². The van der Waals surface area contributed by atoms with E-state index in [1.54, 1.807) is 0 Å². The quantitative estimate of drug-likeness (QED) is 0.566. The highest BCUT2D eigenvalue weighted by molar-refractivity contribution is 5.68. The Morgan fingerprint density at radius 2 is 2.18 bits per heavy atom. The van der Waals surface area contributed by atoms with Crippen molar-refractivity contribution in [2.45, 2.75) is 39.3 Å². The molecule has 0 radical (unpaired) electrons. The van der Waals surface area contributed by atoms with Crippen molar-refractivity contribution in [2.75, 3.05) is 6.61 Å². The van der Waals surface area contributed by atoms with Crippen LogP contribution in [0.4, 0.5) is 0 Å². The summed E-state index contributed by atoms with van der Waals surface area (Å²) in [6.07, 6.45) is 1.92. The minimum absolute atomic E-state index is 0.147. The molecule has 0 amide bonds. The van der Waals surface area contributed by atoms with Gasteiger partial charge in [0.15, 0.2) is 0 Å². The molecule has 0 spiro atoms. The maximum absolute atomic E-state index is 5.59. The number of nitrogens with zero attached hydrogens (tertiary/aromatic N) is 1. The van der Waals surface area contributed by atoms with Crippen molar-refractivity contribution in [3.8, 4) is 0 Å². The van der Waals surface area contributed by atoms with E-state index >= 15 is 0 Å². The molecule has 1 heterocycles. The highest BCUT2D eigenvalue weighted by Gasteiger charge is 2.24. The fraction of sp³-hybridized carbons (Fsp3) is 0.889. The molecule has 0 aromatic heterocycles. The maximum atomic E-state index is 5.59. The first-order valence-electron chi connectivity index (χ1n) is 4.19. The number of rotatable bonds is 1. The lowest BCUT2D eigenvalue weighted by Crippen LogP contribution is -2.37. The third-order valence-electron chi connectivity index (χ3n) is 1.97. The molecular formula is C9H17NO. The van der Waals surface area contributed by atoms with Crippen LogP contribution in [0.15, 0.2) is 4.99 Å². The van der Waals surface area contributed by atoms with Crippen molar-refractivity contribution < 1.29 is 4.74 Å². The third-order valence-corrected chi connectivity index (χ3v) is 1.97. The van der Waals surface area contributed by atoms with Crippen LogP contribution in [0, 0.1) is 5.92 Å². The standard InChI is InChI=1S/C9H17NO/c1-7(2)8-5-11-9(3,4)6-10-8/h6-8H,5H2,1-4H3. The number of ether oxygens (including phenoxy) is 1. The van der Waals surface area contributed by atoms with Gasteiger partial charge in [-0.2, -0.15) is 0 Å². The van der Waals surface area contributed by atoms with Gasteiger partial charge in [-0.15, -0.1) is 0 Å². The molecule has 0 aliphatic carbocycles. The van der Waals surface area contributed by atoms with Crippen LogP contribution in [0.5, 0.6) is 0 Å². The van der Waals surface area contributed by atoms with Gasteiger partial charge in [0.2, 0.25) is 0 Å². The smallest absolute Gasteiger partial charge is 0.0972 e. The minimum Gasteiger partial charge on any atom is -0.368 e. The predicted octanol–water partition coefficient (Wildman–Crippen LogP) is 1.89. The van der Waals surface area contributed by atoms with Gasteiger partial charge in [-0.1, -0.05) is 13.8 Å². The van der Waals surface area contributed by atoms with Crippen molar-refractivity contribution in [1.29, 1.82) is 0 Å². The van der Waals surface area contributed by atoms with Gasteiger partial charge < -0.3 is 4.74 Å². The Labute approximate surface area is 68.7 Å². The lowest BCUT2D eigenvalue weighted by molar-refractivity contribution is 0.0126. The van der Waals surface area contributed by atoms with E-state index < -0.39 is 0 Å². The molecule has 0 fully saturated rings. The van der Waals surface area contributed by atoms with Crippen LogP contribution in [-0.4, -0.2) is 24.5 Å². The average Bonchev–Trinajstić information content (AvgIpc) is 1.86. The second kappa shape index (κ2) is 2.94. The maximum Gasteiger partial charge on any atom is 0.0972 e. The van der Waals surface area contributed by atoms with Gasteiger partial charge in [0.1, 0.15) is 0 Å². The van der Waals surface area contributed by atoms with E-state index in [2.05, 4.69) is 18.8 Å². The van der Waals surface area contributed by atoms with Crippen LogP contribution in [0.3, 0.4) is 0 Å². The predicted molar refractivity (Wildman–Crippen MR) is 47.1 cm³/mol. The molecule has 0 N–H and O–H groups in total. The van der Waals surface area contributed by atoms with Crippen molar-refractivity contribution in [3.63, 3.8) is 0 Å². The second-order valence-electron chi connectivity index (χ2n) is 4.00. The van der Waals surface area contributed by atoms with E-state index in [1.165, 1.54) is 0 Å². The largest absolute Gasteiger partial charge is 0.368 e. The zero-order chi connectivity index (χ0) is 8.48. The van der Waals surface area contributed by atoms with Crippen LogP contribution >= 0.6 is 0 Å². The first-order valence-corrected chi connectivity index (χ1v) is 4.19. The molecule has 1 unspecified atom stereocenters. The summed E-state index contributed by atoms with van der Waals surface area (Å²) in [5.74, 6) is 0.586. The van der Waals surface area contributed by atoms with Crippen molar-refractivity contribution in [1.82, 2.24) is 0 Å². The number of aliphatic imine (C=N–C) groups is 1. The van der Waals surface area contributed by atoms with Crippen LogP contribution in [0.1, 0.15) is 27.7 Å². The summed E-state index contributed by atoms with van der Waals surface area (Å²) >= 11 is 0. The van der Waals surface area contributed by atoms with Gasteiger partial charge in [-0.25, -0.2) is 0 Å². The van der Waals surface area contributed by atoms with E-state index in [9.17, 15) is 0 Å². The fourth-order valence-corrected chi connectivity index (χ4v) is 1.02. The Morgan fingerprint density at radius 1 is 1.55 bits per heavy atom. The van der Waals surface area contributed by atoms with Gasteiger partial charge in [-0.05, 0) is 19.8 Å². The van der Waals surface area contributed by atoms with Crippen LogP contribution in [-0.2, 0) is 4.74 Å². The summed E-state index contributed by atoms with van der Waals surface area (Å²) < 4.78 is 5.59. The van der Waals surface area contributed by atoms with Gasteiger partial charge in [-0.3, -0.25) is 4.99 Å². The van der Waals surface area contributed by atoms with E-state index in [4.69, 9.17) is 4.74 Å². The highest BCUT2D eigenvalue weighted by atomic mass is 16.5. The fourth-order valence-electron chi connectivity index (χ4n) is 1.02. The second-order valence-corrected chi connectivity index (χ2v) is 4.00. The molecule has 0 aromatic carbocycles. The minimum atomic E-state index is -0.147. The lowest BCUT2D eigenvalue weighted by Gasteiger charge is -2.30. The molecule has 2 nitrogen and oxygen atoms in total. The first-order chi connectivity index (χ1) is 5.01. The topological polar surface area (TPSA) is 21.6 Å². The van der Waals surface area contributed by atoms with Crippen LogP contribution < -0.4 is 0 Å². The van der Waals surface area contributed by atoms with Crippen LogP contribution in [0.2, 0.25) is 0 Å². The zero-order valence-electron chi connectivity index (χ0n) is 7.79. The average molecular weight is 155 g/mol. The Morgan fingerprint density at radius 3 is 2.55 bits per heavy atom. The third kappa shape index (κ3) is 2.29. The van der Waals surface area contributed by atoms with E-state index in [1.807, 2.05) is 20.1 Å². The van der Waals surface area contributed by atoms with Crippen LogP contribution in [0.25, 0.3) is 0 Å². The molecule has 0 saturated heterocycles. The summed E-state index contributed by atoms with van der Waals surface area (Å²) in [5.41, 5.74) is -0.147. The normalized spacial score (nSPS) is 29.4. The molecular weight excluding hydrogens is 138 g/mol. The highest BCUT2D eigenvalue weighted by Crippen LogP contribution is 2.17. The lowest BCUT2D eigenvalue weighted by atomic mass is 10.0. The zero-order valence-corrected chi connectivity index (χ0v) is 7.79. The van der Waals surface area contributed by atoms with E-state index in [0.29, 0.717) is 12.0 Å². The monoisotopic (exact) mass is 155 g/mol. The summed E-state index contributed by atoms with van der Waals surface area (Å²) in [7, 11) is 0. The van der Waals surface area contributed by atoms with E-state index in [0.717, 1.165) is 6.61 Å². The molecule has 64 valence electrons. The summed E-state index contributed by atoms with van der Waals surface area (Å²) in [4.78, 5) is 4.43. The Kier molecular flexibility index (Phi) is 2.33. The van der Waals surface area contributed by atoms with Gasteiger partial charge in [0, 0.05) is 6.21 Å². The van der Waals surface area contributed by atoms with Crippen molar-refractivity contribution in [3.05, 3.63) is 0 Å². The van der Waals surface area contributed by atoms with E-state index in [-0.39, 0.29) is 5.60 Å². The number of hydrogen-bond acceptors (Lipinski definition) is 2. The van der Waals surface area contributed by atoms with Gasteiger partial charge in [0.25, 0.3) is 0 Å². The Hall–Kier alpha value is -0.370. The first kappa shape index (κ1) is 8.72.